The van der Waals surface area contributed by atoms with Crippen molar-refractivity contribution >= 4 is 40.5 Å². The highest BCUT2D eigenvalue weighted by molar-refractivity contribution is 8.01. The fourth-order valence-electron chi connectivity index (χ4n) is 1.15. The standard InChI is InChI=1S/C11H8ClNOS2/c12-9-3-1-2-8(6-9)10(14)7-16-11-13-4-5-15-11/h1-6H,7H2. The quantitative estimate of drug-likeness (QED) is 0.625. The van der Waals surface area contributed by atoms with Crippen LogP contribution in [0, 0.1) is 0 Å². The predicted molar refractivity (Wildman–Crippen MR) is 68.6 cm³/mol. The fourth-order valence-corrected chi connectivity index (χ4v) is 2.88. The van der Waals surface area contributed by atoms with E-state index in [4.69, 9.17) is 11.6 Å². The number of thiazole rings is 1. The van der Waals surface area contributed by atoms with Crippen LogP contribution in [-0.4, -0.2) is 16.5 Å². The Kier molecular flexibility index (Phi) is 3.98. The van der Waals surface area contributed by atoms with Crippen LogP contribution in [0.15, 0.2) is 40.2 Å². The maximum Gasteiger partial charge on any atom is 0.173 e. The number of hydrogen-bond donors (Lipinski definition) is 0. The van der Waals surface area contributed by atoms with E-state index in [1.54, 1.807) is 30.5 Å². The van der Waals surface area contributed by atoms with Gasteiger partial charge in [0.05, 0.1) is 5.75 Å². The first-order valence-corrected chi connectivity index (χ1v) is 6.81. The number of ketones is 1. The van der Waals surface area contributed by atoms with Gasteiger partial charge in [0, 0.05) is 22.2 Å². The summed E-state index contributed by atoms with van der Waals surface area (Å²) in [7, 11) is 0. The molecular weight excluding hydrogens is 262 g/mol. The molecule has 82 valence electrons. The molecule has 1 aromatic carbocycles. The van der Waals surface area contributed by atoms with E-state index in [1.807, 2.05) is 5.38 Å². The van der Waals surface area contributed by atoms with E-state index < -0.39 is 0 Å². The molecule has 0 radical (unpaired) electrons. The molecule has 0 atom stereocenters. The van der Waals surface area contributed by atoms with Crippen LogP contribution in [0.5, 0.6) is 0 Å². The molecule has 0 N–H and O–H groups in total. The number of halogens is 1. The molecule has 0 fully saturated rings. The lowest BCUT2D eigenvalue weighted by molar-refractivity contribution is 0.102. The summed E-state index contributed by atoms with van der Waals surface area (Å²) in [5.41, 5.74) is 0.650. The monoisotopic (exact) mass is 269 g/mol. The Morgan fingerprint density at radius 3 is 3.06 bits per heavy atom. The van der Waals surface area contributed by atoms with E-state index in [2.05, 4.69) is 4.98 Å². The SMILES string of the molecule is O=C(CSc1nccs1)c1cccc(Cl)c1. The lowest BCUT2D eigenvalue weighted by Gasteiger charge is -1.99. The van der Waals surface area contributed by atoms with Crippen molar-refractivity contribution in [3.8, 4) is 0 Å². The summed E-state index contributed by atoms with van der Waals surface area (Å²) in [6.45, 7) is 0. The average molecular weight is 270 g/mol. The Balaban J connectivity index is 1.98. The Labute approximate surface area is 107 Å². The lowest BCUT2D eigenvalue weighted by atomic mass is 10.1. The van der Waals surface area contributed by atoms with Gasteiger partial charge in [-0.25, -0.2) is 4.98 Å². The molecule has 0 aliphatic carbocycles. The van der Waals surface area contributed by atoms with Crippen LogP contribution in [0.2, 0.25) is 5.02 Å². The number of benzene rings is 1. The molecule has 0 unspecified atom stereocenters. The molecular formula is C11H8ClNOS2. The van der Waals surface area contributed by atoms with E-state index in [0.717, 1.165) is 4.34 Å². The molecule has 2 aromatic rings. The molecule has 0 saturated heterocycles. The molecule has 5 heteroatoms. The third kappa shape index (κ3) is 3.07. The van der Waals surface area contributed by atoms with Gasteiger partial charge >= 0.3 is 0 Å². The van der Waals surface area contributed by atoms with Gasteiger partial charge in [-0.15, -0.1) is 11.3 Å². The number of nitrogens with zero attached hydrogens (tertiary/aromatic N) is 1. The van der Waals surface area contributed by atoms with E-state index in [1.165, 1.54) is 23.1 Å². The van der Waals surface area contributed by atoms with Crippen molar-refractivity contribution in [2.45, 2.75) is 4.34 Å². The number of carbonyl (C=O) groups is 1. The van der Waals surface area contributed by atoms with Gasteiger partial charge in [-0.2, -0.15) is 0 Å². The summed E-state index contributed by atoms with van der Waals surface area (Å²) < 4.78 is 0.912. The number of aromatic nitrogens is 1. The van der Waals surface area contributed by atoms with Crippen molar-refractivity contribution < 1.29 is 4.79 Å². The molecule has 1 aromatic heterocycles. The van der Waals surface area contributed by atoms with Crippen LogP contribution in [-0.2, 0) is 0 Å². The summed E-state index contributed by atoms with van der Waals surface area (Å²) >= 11 is 8.81. The van der Waals surface area contributed by atoms with Gasteiger partial charge in [-0.3, -0.25) is 4.79 Å². The van der Waals surface area contributed by atoms with Gasteiger partial charge in [0.15, 0.2) is 5.78 Å². The Morgan fingerprint density at radius 1 is 1.50 bits per heavy atom. The number of hydrogen-bond acceptors (Lipinski definition) is 4. The van der Waals surface area contributed by atoms with Gasteiger partial charge in [0.2, 0.25) is 0 Å². The number of rotatable bonds is 4. The molecule has 0 aliphatic rings. The molecule has 0 spiro atoms. The van der Waals surface area contributed by atoms with Gasteiger partial charge in [-0.1, -0.05) is 35.5 Å². The van der Waals surface area contributed by atoms with Gasteiger partial charge < -0.3 is 0 Å². The van der Waals surface area contributed by atoms with Crippen molar-refractivity contribution in [1.29, 1.82) is 0 Å². The van der Waals surface area contributed by atoms with Gasteiger partial charge in [0.1, 0.15) is 4.34 Å². The van der Waals surface area contributed by atoms with Crippen LogP contribution in [0.4, 0.5) is 0 Å². The maximum absolute atomic E-state index is 11.8. The highest BCUT2D eigenvalue weighted by Gasteiger charge is 2.07. The second-order valence-electron chi connectivity index (χ2n) is 3.02. The van der Waals surface area contributed by atoms with Crippen molar-refractivity contribution in [2.24, 2.45) is 0 Å². The minimum absolute atomic E-state index is 0.0719. The highest BCUT2D eigenvalue weighted by atomic mass is 35.5. The first kappa shape index (κ1) is 11.6. The summed E-state index contributed by atoms with van der Waals surface area (Å²) in [5, 5.41) is 2.48. The smallest absolute Gasteiger partial charge is 0.173 e. The summed E-state index contributed by atoms with van der Waals surface area (Å²) in [5.74, 6) is 0.469. The Hall–Kier alpha value is -0.840. The molecule has 0 amide bonds. The van der Waals surface area contributed by atoms with Crippen LogP contribution >= 0.6 is 34.7 Å². The minimum Gasteiger partial charge on any atom is -0.293 e. The molecule has 2 nitrogen and oxygen atoms in total. The lowest BCUT2D eigenvalue weighted by Crippen LogP contribution is -2.01. The Morgan fingerprint density at radius 2 is 2.38 bits per heavy atom. The second kappa shape index (κ2) is 5.48. The molecule has 0 bridgehead atoms. The molecule has 16 heavy (non-hydrogen) atoms. The third-order valence-corrected chi connectivity index (χ3v) is 4.08. The van der Waals surface area contributed by atoms with Crippen LogP contribution in [0.1, 0.15) is 10.4 Å². The highest BCUT2D eigenvalue weighted by Crippen LogP contribution is 2.21. The summed E-state index contributed by atoms with van der Waals surface area (Å²) in [4.78, 5) is 15.9. The normalized spacial score (nSPS) is 10.3. The Bertz CT molecular complexity index is 484. The molecule has 0 aliphatic heterocycles. The van der Waals surface area contributed by atoms with E-state index in [0.29, 0.717) is 16.3 Å². The van der Waals surface area contributed by atoms with Crippen molar-refractivity contribution in [1.82, 2.24) is 4.98 Å². The summed E-state index contributed by atoms with van der Waals surface area (Å²) in [6.07, 6.45) is 1.73. The molecule has 1 heterocycles. The van der Waals surface area contributed by atoms with E-state index >= 15 is 0 Å². The first-order valence-electron chi connectivity index (χ1n) is 4.57. The first-order chi connectivity index (χ1) is 7.75. The van der Waals surface area contributed by atoms with Crippen LogP contribution in [0.25, 0.3) is 0 Å². The van der Waals surface area contributed by atoms with Crippen molar-refractivity contribution in [3.63, 3.8) is 0 Å². The summed E-state index contributed by atoms with van der Waals surface area (Å²) in [6, 6.07) is 7.00. The van der Waals surface area contributed by atoms with E-state index in [-0.39, 0.29) is 5.78 Å². The topological polar surface area (TPSA) is 30.0 Å². The minimum atomic E-state index is 0.0719. The van der Waals surface area contributed by atoms with Crippen LogP contribution in [0.3, 0.4) is 0 Å². The number of Topliss-reactive ketones (excluding diaryl/α,β-unsaturated/α-hetero) is 1. The fraction of sp³-hybridized carbons (Fsp3) is 0.0909. The largest absolute Gasteiger partial charge is 0.293 e. The average Bonchev–Trinajstić information content (AvgIpc) is 2.78. The van der Waals surface area contributed by atoms with Crippen molar-refractivity contribution in [2.75, 3.05) is 5.75 Å². The number of thioether (sulfide) groups is 1. The zero-order chi connectivity index (χ0) is 11.4. The predicted octanol–water partition coefficient (Wildman–Crippen LogP) is 3.77. The zero-order valence-electron chi connectivity index (χ0n) is 8.22. The zero-order valence-corrected chi connectivity index (χ0v) is 10.6. The van der Waals surface area contributed by atoms with Gasteiger partial charge in [-0.05, 0) is 12.1 Å². The molecule has 2 rings (SSSR count). The van der Waals surface area contributed by atoms with Gasteiger partial charge in [0.25, 0.3) is 0 Å². The van der Waals surface area contributed by atoms with E-state index in [9.17, 15) is 4.79 Å². The number of carbonyl (C=O) groups excluding carboxylic acids is 1. The molecule has 0 saturated carbocycles. The van der Waals surface area contributed by atoms with Crippen LogP contribution < -0.4 is 0 Å². The second-order valence-corrected chi connectivity index (χ2v) is 5.57. The third-order valence-electron chi connectivity index (χ3n) is 1.88. The van der Waals surface area contributed by atoms with Crippen molar-refractivity contribution in [3.05, 3.63) is 46.4 Å². The maximum atomic E-state index is 11.8.